The quantitative estimate of drug-likeness (QED) is 0.146. The summed E-state index contributed by atoms with van der Waals surface area (Å²) in [6.45, 7) is 4.32. The molecule has 0 aromatic carbocycles. The Bertz CT molecular complexity index is 442. The van der Waals surface area contributed by atoms with Crippen molar-refractivity contribution in [2.75, 3.05) is 0 Å². The van der Waals surface area contributed by atoms with Crippen molar-refractivity contribution in [1.29, 1.82) is 0 Å². The molecule has 0 rings (SSSR count). The Balaban J connectivity index is 0. The molecule has 176 valence electrons. The monoisotopic (exact) mass is 472 g/mol. The van der Waals surface area contributed by atoms with E-state index in [-0.39, 0.29) is 57.5 Å². The van der Waals surface area contributed by atoms with Crippen LogP contribution in [0.5, 0.6) is 0 Å². The fraction of sp³-hybridized carbons (Fsp3) is 1.00. The molecule has 0 aromatic heterocycles. The van der Waals surface area contributed by atoms with E-state index in [9.17, 15) is 18.1 Å². The molecule has 2 unspecified atom stereocenters. The van der Waals surface area contributed by atoms with Gasteiger partial charge < -0.3 is 9.66 Å². The SMILES string of the molecule is CCCCCCCCCCC(O)CCCCCCCC(CCCCC)S(=O)(=O)[O-].[K+]. The second-order valence-corrected chi connectivity index (χ2v) is 10.5. The number of hydrogen-bond acceptors (Lipinski definition) is 4. The minimum atomic E-state index is -4.16. The Morgan fingerprint density at radius 1 is 0.600 bits per heavy atom. The topological polar surface area (TPSA) is 77.4 Å². The zero-order valence-electron chi connectivity index (χ0n) is 20.4. The second-order valence-electron chi connectivity index (χ2n) is 8.87. The summed E-state index contributed by atoms with van der Waals surface area (Å²) in [5.41, 5.74) is 0. The molecule has 0 saturated carbocycles. The molecule has 0 aliphatic rings. The zero-order valence-corrected chi connectivity index (χ0v) is 24.3. The van der Waals surface area contributed by atoms with Gasteiger partial charge in [-0.3, -0.25) is 0 Å². The van der Waals surface area contributed by atoms with Gasteiger partial charge >= 0.3 is 51.4 Å². The first-order chi connectivity index (χ1) is 13.9. The zero-order chi connectivity index (χ0) is 21.8. The Morgan fingerprint density at radius 3 is 1.30 bits per heavy atom. The van der Waals surface area contributed by atoms with E-state index in [0.717, 1.165) is 70.6 Å². The predicted molar refractivity (Wildman–Crippen MR) is 123 cm³/mol. The number of hydrogen-bond donors (Lipinski definition) is 1. The Labute approximate surface area is 230 Å². The molecule has 0 radical (unpaired) electrons. The molecule has 0 amide bonds. The van der Waals surface area contributed by atoms with E-state index in [1.165, 1.54) is 44.9 Å². The first-order valence-electron chi connectivity index (χ1n) is 12.5. The van der Waals surface area contributed by atoms with Crippen LogP contribution in [0.2, 0.25) is 0 Å². The summed E-state index contributed by atoms with van der Waals surface area (Å²) in [5.74, 6) is 0. The van der Waals surface area contributed by atoms with Crippen molar-refractivity contribution in [3.8, 4) is 0 Å². The van der Waals surface area contributed by atoms with Crippen LogP contribution in [0.1, 0.15) is 142 Å². The van der Waals surface area contributed by atoms with E-state index in [1.807, 2.05) is 0 Å². The van der Waals surface area contributed by atoms with Crippen LogP contribution in [-0.2, 0) is 10.1 Å². The maximum absolute atomic E-state index is 11.4. The van der Waals surface area contributed by atoms with Gasteiger partial charge in [0.2, 0.25) is 0 Å². The van der Waals surface area contributed by atoms with Gasteiger partial charge in [0.15, 0.2) is 0 Å². The molecule has 0 aliphatic heterocycles. The van der Waals surface area contributed by atoms with Crippen LogP contribution in [0.4, 0.5) is 0 Å². The molecule has 6 heteroatoms. The minimum absolute atomic E-state index is 0. The van der Waals surface area contributed by atoms with Gasteiger partial charge in [-0.1, -0.05) is 117 Å². The summed E-state index contributed by atoms with van der Waals surface area (Å²) < 4.78 is 34.1. The van der Waals surface area contributed by atoms with Gasteiger partial charge in [0, 0.05) is 5.25 Å². The van der Waals surface area contributed by atoms with Gasteiger partial charge in [-0.05, 0) is 25.7 Å². The largest absolute Gasteiger partial charge is 1.00 e. The molecule has 0 aliphatic carbocycles. The molecule has 0 bridgehead atoms. The third-order valence-electron chi connectivity index (χ3n) is 5.99. The van der Waals surface area contributed by atoms with E-state index in [4.69, 9.17) is 0 Å². The van der Waals surface area contributed by atoms with Gasteiger partial charge in [0.05, 0.1) is 16.2 Å². The Morgan fingerprint density at radius 2 is 0.900 bits per heavy atom. The maximum atomic E-state index is 11.4. The van der Waals surface area contributed by atoms with E-state index in [1.54, 1.807) is 0 Å². The summed E-state index contributed by atoms with van der Waals surface area (Å²) in [5, 5.41) is 9.40. The summed E-state index contributed by atoms with van der Waals surface area (Å²) in [7, 11) is -4.16. The van der Waals surface area contributed by atoms with Crippen LogP contribution in [0.25, 0.3) is 0 Å². The van der Waals surface area contributed by atoms with Crippen molar-refractivity contribution in [1.82, 2.24) is 0 Å². The van der Waals surface area contributed by atoms with E-state index in [0.29, 0.717) is 12.8 Å². The minimum Gasteiger partial charge on any atom is -0.748 e. The van der Waals surface area contributed by atoms with Crippen LogP contribution in [0.15, 0.2) is 0 Å². The molecule has 1 N–H and O–H groups in total. The molecule has 4 nitrogen and oxygen atoms in total. The first kappa shape index (κ1) is 33.7. The van der Waals surface area contributed by atoms with Crippen molar-refractivity contribution in [3.63, 3.8) is 0 Å². The van der Waals surface area contributed by atoms with Crippen LogP contribution in [-0.4, -0.2) is 29.4 Å². The number of rotatable bonds is 22. The number of unbranched alkanes of at least 4 members (excludes halogenated alkanes) is 13. The predicted octanol–water partition coefficient (Wildman–Crippen LogP) is 4.11. The Kier molecular flexibility index (Phi) is 26.6. The number of aliphatic hydroxyl groups excluding tert-OH is 1. The number of aliphatic hydroxyl groups is 1. The molecule has 2 atom stereocenters. The smallest absolute Gasteiger partial charge is 0.748 e. The molecule has 30 heavy (non-hydrogen) atoms. The molecular formula is C24H49KO4S. The van der Waals surface area contributed by atoms with Crippen molar-refractivity contribution < 1.29 is 69.5 Å². The maximum Gasteiger partial charge on any atom is 1.00 e. The van der Waals surface area contributed by atoms with Gasteiger partial charge in [-0.2, -0.15) is 0 Å². The first-order valence-corrected chi connectivity index (χ1v) is 14.0. The second kappa shape index (κ2) is 23.7. The molecule has 0 aromatic rings. The third-order valence-corrected chi connectivity index (χ3v) is 7.28. The fourth-order valence-corrected chi connectivity index (χ4v) is 4.91. The van der Waals surface area contributed by atoms with E-state index < -0.39 is 15.4 Å². The summed E-state index contributed by atoms with van der Waals surface area (Å²) >= 11 is 0. The third kappa shape index (κ3) is 22.7. The van der Waals surface area contributed by atoms with E-state index >= 15 is 0 Å². The van der Waals surface area contributed by atoms with Crippen LogP contribution in [0.3, 0.4) is 0 Å². The van der Waals surface area contributed by atoms with Gasteiger partial charge in [-0.15, -0.1) is 0 Å². The van der Waals surface area contributed by atoms with Gasteiger partial charge in [-0.25, -0.2) is 8.42 Å². The van der Waals surface area contributed by atoms with Crippen LogP contribution < -0.4 is 51.4 Å². The molecule has 0 saturated heterocycles. The van der Waals surface area contributed by atoms with E-state index in [2.05, 4.69) is 13.8 Å². The summed E-state index contributed by atoms with van der Waals surface area (Å²) in [6, 6.07) is 0. The van der Waals surface area contributed by atoms with Crippen molar-refractivity contribution >= 4 is 10.1 Å². The average Bonchev–Trinajstić information content (AvgIpc) is 2.67. The standard InChI is InChI=1S/C24H50O4S.K/c1-3-5-7-8-9-10-12-16-19-23(25)20-17-13-11-14-18-22-24(29(26,27)28)21-15-6-4-2;/h23-25H,3-22H2,1-2H3,(H,26,27,28);/q;+1/p-1. The normalized spacial score (nSPS) is 13.7. The summed E-state index contributed by atoms with van der Waals surface area (Å²) in [4.78, 5) is 0. The van der Waals surface area contributed by atoms with Crippen molar-refractivity contribution in [3.05, 3.63) is 0 Å². The van der Waals surface area contributed by atoms with Crippen molar-refractivity contribution in [2.24, 2.45) is 0 Å². The Hall–Kier alpha value is 1.51. The molecular weight excluding hydrogens is 423 g/mol. The van der Waals surface area contributed by atoms with Gasteiger partial charge in [0.1, 0.15) is 0 Å². The fourth-order valence-electron chi connectivity index (χ4n) is 4.00. The van der Waals surface area contributed by atoms with Crippen LogP contribution in [0, 0.1) is 0 Å². The van der Waals surface area contributed by atoms with Crippen molar-refractivity contribution in [2.45, 2.75) is 154 Å². The molecule has 0 spiro atoms. The van der Waals surface area contributed by atoms with Crippen LogP contribution >= 0.6 is 0 Å². The van der Waals surface area contributed by atoms with Gasteiger partial charge in [0.25, 0.3) is 0 Å². The molecule has 0 heterocycles. The summed E-state index contributed by atoms with van der Waals surface area (Å²) in [6.07, 6.45) is 20.9. The molecule has 0 fully saturated rings. The average molecular weight is 473 g/mol.